The summed E-state index contributed by atoms with van der Waals surface area (Å²) in [4.78, 5) is 11.0. The first-order valence-corrected chi connectivity index (χ1v) is 12.1. The van der Waals surface area contributed by atoms with Gasteiger partial charge in [0.15, 0.2) is 0 Å². The molecule has 4 rings (SSSR count). The van der Waals surface area contributed by atoms with E-state index in [9.17, 15) is 4.79 Å². The lowest BCUT2D eigenvalue weighted by atomic mass is 9.97. The Morgan fingerprint density at radius 2 is 1.33 bits per heavy atom. The third-order valence-corrected chi connectivity index (χ3v) is 5.94. The normalized spacial score (nSPS) is 10.6. The van der Waals surface area contributed by atoms with Gasteiger partial charge in [0.1, 0.15) is 24.8 Å². The van der Waals surface area contributed by atoms with Gasteiger partial charge in [-0.25, -0.2) is 9.18 Å². The highest BCUT2D eigenvalue weighted by Gasteiger charge is 2.09. The van der Waals surface area contributed by atoms with E-state index < -0.39 is 5.97 Å². The third-order valence-electron chi connectivity index (χ3n) is 5.94. The van der Waals surface area contributed by atoms with Crippen molar-refractivity contribution < 1.29 is 18.7 Å². The van der Waals surface area contributed by atoms with Crippen molar-refractivity contribution >= 4 is 5.97 Å². The topological polar surface area (TPSA) is 35.5 Å². The molecule has 4 aromatic rings. The quantitative estimate of drug-likeness (QED) is 0.132. The molecule has 0 radical (unpaired) electrons. The average molecular weight is 481 g/mol. The maximum Gasteiger partial charge on any atom is 0.330 e. The van der Waals surface area contributed by atoms with E-state index in [1.165, 1.54) is 11.1 Å². The van der Waals surface area contributed by atoms with E-state index in [1.54, 1.807) is 24.3 Å². The van der Waals surface area contributed by atoms with Crippen LogP contribution in [0.15, 0.2) is 104 Å². The van der Waals surface area contributed by atoms with Gasteiger partial charge < -0.3 is 9.47 Å². The first-order valence-electron chi connectivity index (χ1n) is 12.1. The maximum absolute atomic E-state index is 15.0. The molecule has 3 nitrogen and oxygen atoms in total. The van der Waals surface area contributed by atoms with Crippen molar-refractivity contribution in [3.8, 4) is 39.1 Å². The number of ether oxygens (including phenoxy) is 2. The van der Waals surface area contributed by atoms with Crippen molar-refractivity contribution in [2.45, 2.75) is 19.8 Å². The van der Waals surface area contributed by atoms with Crippen LogP contribution in [-0.2, 0) is 16.0 Å². The highest BCUT2D eigenvalue weighted by atomic mass is 19.1. The maximum atomic E-state index is 15.0. The van der Waals surface area contributed by atoms with Crippen molar-refractivity contribution in [3.05, 3.63) is 115 Å². The lowest BCUT2D eigenvalue weighted by Crippen LogP contribution is -2.10. The molecule has 0 bridgehead atoms. The summed E-state index contributed by atoms with van der Waals surface area (Å²) in [6, 6.07) is 29.4. The van der Waals surface area contributed by atoms with Crippen LogP contribution in [-0.4, -0.2) is 19.2 Å². The van der Waals surface area contributed by atoms with E-state index in [-0.39, 0.29) is 19.0 Å². The molecule has 4 heteroatoms. The molecule has 0 spiro atoms. The van der Waals surface area contributed by atoms with Gasteiger partial charge in [-0.1, -0.05) is 92.7 Å². The fourth-order valence-corrected chi connectivity index (χ4v) is 4.03. The second-order valence-corrected chi connectivity index (χ2v) is 8.46. The third kappa shape index (κ3) is 6.28. The largest absolute Gasteiger partial charge is 0.490 e. The van der Waals surface area contributed by atoms with Crippen LogP contribution in [0.3, 0.4) is 0 Å². The standard InChI is InChI=1S/C32H29FO3/c1-3-5-23-6-8-24(9-7-23)25-10-12-26(13-11-25)28-16-19-30(31(33)22-28)27-14-17-29(18-15-27)35-20-21-36-32(34)4-2/h4,6-19,22H,2-3,5,20-21H2,1H3. The molecule has 0 aliphatic rings. The Kier molecular flexibility index (Phi) is 8.30. The molecule has 182 valence electrons. The van der Waals surface area contributed by atoms with Gasteiger partial charge in [-0.05, 0) is 58.0 Å². The predicted octanol–water partition coefficient (Wildman–Crippen LogP) is 7.89. The van der Waals surface area contributed by atoms with Crippen LogP contribution < -0.4 is 4.74 Å². The van der Waals surface area contributed by atoms with Gasteiger partial charge in [-0.15, -0.1) is 0 Å². The highest BCUT2D eigenvalue weighted by Crippen LogP contribution is 2.30. The predicted molar refractivity (Wildman–Crippen MR) is 143 cm³/mol. The monoisotopic (exact) mass is 480 g/mol. The minimum Gasteiger partial charge on any atom is -0.490 e. The number of hydrogen-bond donors (Lipinski definition) is 0. The number of halogens is 1. The van der Waals surface area contributed by atoms with Crippen LogP contribution in [0.2, 0.25) is 0 Å². The van der Waals surface area contributed by atoms with Crippen molar-refractivity contribution in [3.63, 3.8) is 0 Å². The molecule has 36 heavy (non-hydrogen) atoms. The fourth-order valence-electron chi connectivity index (χ4n) is 4.03. The zero-order valence-corrected chi connectivity index (χ0v) is 20.4. The Morgan fingerprint density at radius 3 is 1.92 bits per heavy atom. The second kappa shape index (κ2) is 12.0. The van der Waals surface area contributed by atoms with Crippen molar-refractivity contribution in [1.29, 1.82) is 0 Å². The summed E-state index contributed by atoms with van der Waals surface area (Å²) in [7, 11) is 0. The summed E-state index contributed by atoms with van der Waals surface area (Å²) in [6.07, 6.45) is 3.34. The van der Waals surface area contributed by atoms with Gasteiger partial charge in [0.05, 0.1) is 0 Å². The SMILES string of the molecule is C=CC(=O)OCCOc1ccc(-c2ccc(-c3ccc(-c4ccc(CCC)cc4)cc3)cc2F)cc1. The van der Waals surface area contributed by atoms with Crippen molar-refractivity contribution in [2.75, 3.05) is 13.2 Å². The van der Waals surface area contributed by atoms with Crippen LogP contribution in [0.1, 0.15) is 18.9 Å². The summed E-state index contributed by atoms with van der Waals surface area (Å²) in [5.74, 6) is -0.153. The smallest absolute Gasteiger partial charge is 0.330 e. The summed E-state index contributed by atoms with van der Waals surface area (Å²) < 4.78 is 25.5. The van der Waals surface area contributed by atoms with Gasteiger partial charge in [-0.2, -0.15) is 0 Å². The van der Waals surface area contributed by atoms with Crippen LogP contribution in [0.25, 0.3) is 33.4 Å². The number of carbonyl (C=O) groups is 1. The molecule has 0 amide bonds. The van der Waals surface area contributed by atoms with Crippen LogP contribution in [0.5, 0.6) is 5.75 Å². The molecule has 0 saturated heterocycles. The molecule has 0 saturated carbocycles. The van der Waals surface area contributed by atoms with Crippen molar-refractivity contribution in [1.82, 2.24) is 0 Å². The molecule has 0 heterocycles. The van der Waals surface area contributed by atoms with Gasteiger partial charge >= 0.3 is 5.97 Å². The molecular weight excluding hydrogens is 451 g/mol. The minimum atomic E-state index is -0.485. The Labute approximate surface area is 211 Å². The first-order chi connectivity index (χ1) is 17.6. The summed E-state index contributed by atoms with van der Waals surface area (Å²) in [6.45, 7) is 5.89. The van der Waals surface area contributed by atoms with Gasteiger partial charge in [-0.3, -0.25) is 0 Å². The lowest BCUT2D eigenvalue weighted by molar-refractivity contribution is -0.138. The summed E-state index contributed by atoms with van der Waals surface area (Å²) >= 11 is 0. The van der Waals surface area contributed by atoms with Gasteiger partial charge in [0.2, 0.25) is 0 Å². The van der Waals surface area contributed by atoms with E-state index in [2.05, 4.69) is 49.9 Å². The molecule has 0 aliphatic heterocycles. The molecule has 0 N–H and O–H groups in total. The number of esters is 1. The molecule has 4 aromatic carbocycles. The molecule has 0 fully saturated rings. The highest BCUT2D eigenvalue weighted by molar-refractivity contribution is 5.81. The molecular formula is C32H29FO3. The lowest BCUT2D eigenvalue weighted by Gasteiger charge is -2.10. The van der Waals surface area contributed by atoms with E-state index in [0.717, 1.165) is 41.2 Å². The zero-order chi connectivity index (χ0) is 25.3. The molecule has 0 aromatic heterocycles. The Bertz CT molecular complexity index is 1310. The number of benzene rings is 4. The Balaban J connectivity index is 1.41. The number of aryl methyl sites for hydroxylation is 1. The Morgan fingerprint density at radius 1 is 0.778 bits per heavy atom. The second-order valence-electron chi connectivity index (χ2n) is 8.46. The molecule has 0 atom stereocenters. The van der Waals surface area contributed by atoms with E-state index in [1.807, 2.05) is 30.3 Å². The minimum absolute atomic E-state index is 0.134. The number of rotatable bonds is 10. The number of carbonyl (C=O) groups excluding carboxylic acids is 1. The first kappa shape index (κ1) is 24.9. The molecule has 0 aliphatic carbocycles. The van der Waals surface area contributed by atoms with E-state index in [0.29, 0.717) is 11.3 Å². The van der Waals surface area contributed by atoms with Gasteiger partial charge in [0, 0.05) is 11.6 Å². The fraction of sp³-hybridized carbons (Fsp3) is 0.156. The zero-order valence-electron chi connectivity index (χ0n) is 20.4. The van der Waals surface area contributed by atoms with Crippen LogP contribution >= 0.6 is 0 Å². The number of hydrogen-bond acceptors (Lipinski definition) is 3. The average Bonchev–Trinajstić information content (AvgIpc) is 2.92. The summed E-state index contributed by atoms with van der Waals surface area (Å²) in [5.41, 5.74) is 6.73. The van der Waals surface area contributed by atoms with Crippen LogP contribution in [0, 0.1) is 5.82 Å². The van der Waals surface area contributed by atoms with Gasteiger partial charge in [0.25, 0.3) is 0 Å². The Hall–Kier alpha value is -4.18. The van der Waals surface area contributed by atoms with E-state index in [4.69, 9.17) is 9.47 Å². The van der Waals surface area contributed by atoms with Crippen molar-refractivity contribution in [2.24, 2.45) is 0 Å². The van der Waals surface area contributed by atoms with E-state index >= 15 is 4.39 Å². The van der Waals surface area contributed by atoms with Crippen LogP contribution in [0.4, 0.5) is 4.39 Å². The molecule has 0 unspecified atom stereocenters. The summed E-state index contributed by atoms with van der Waals surface area (Å²) in [5, 5.41) is 0.